The first-order valence-electron chi connectivity index (χ1n) is 9.59. The first kappa shape index (κ1) is 15.8. The van der Waals surface area contributed by atoms with Gasteiger partial charge in [0.1, 0.15) is 0 Å². The van der Waals surface area contributed by atoms with E-state index in [0.29, 0.717) is 12.0 Å². The molecule has 2 aliphatic rings. The summed E-state index contributed by atoms with van der Waals surface area (Å²) in [7, 11) is 0. The third-order valence-electron chi connectivity index (χ3n) is 5.56. The highest BCUT2D eigenvalue weighted by atomic mass is 15.4. The minimum absolute atomic E-state index is 0.491. The summed E-state index contributed by atoms with van der Waals surface area (Å²) in [5.41, 5.74) is 3.56. The Labute approximate surface area is 153 Å². The van der Waals surface area contributed by atoms with Crippen LogP contribution >= 0.6 is 0 Å². The van der Waals surface area contributed by atoms with Crippen LogP contribution in [-0.4, -0.2) is 42.8 Å². The van der Waals surface area contributed by atoms with E-state index in [0.717, 1.165) is 38.2 Å². The van der Waals surface area contributed by atoms with Gasteiger partial charge in [-0.3, -0.25) is 4.90 Å². The fourth-order valence-corrected chi connectivity index (χ4v) is 3.86. The summed E-state index contributed by atoms with van der Waals surface area (Å²) < 4.78 is 4.16. The van der Waals surface area contributed by atoms with Crippen LogP contribution in [0.2, 0.25) is 0 Å². The number of piperidine rings is 1. The minimum Gasteiger partial charge on any atom is -0.297 e. The molecule has 3 aromatic rings. The largest absolute Gasteiger partial charge is 0.297 e. The van der Waals surface area contributed by atoms with Crippen LogP contribution in [-0.2, 0) is 6.54 Å². The van der Waals surface area contributed by atoms with Crippen molar-refractivity contribution in [2.75, 3.05) is 13.1 Å². The molecule has 1 aliphatic heterocycles. The summed E-state index contributed by atoms with van der Waals surface area (Å²) in [5, 5.41) is 13.3. The van der Waals surface area contributed by atoms with E-state index in [1.807, 2.05) is 16.9 Å². The molecular formula is C20H24N6. The summed E-state index contributed by atoms with van der Waals surface area (Å²) in [6.07, 6.45) is 8.91. The second kappa shape index (κ2) is 6.68. The van der Waals surface area contributed by atoms with E-state index >= 15 is 0 Å². The molecule has 6 heteroatoms. The lowest BCUT2D eigenvalue weighted by atomic mass is 10.1. The lowest BCUT2D eigenvalue weighted by Gasteiger charge is -2.31. The predicted molar refractivity (Wildman–Crippen MR) is 99.1 cm³/mol. The van der Waals surface area contributed by atoms with Crippen molar-refractivity contribution in [1.82, 2.24) is 29.7 Å². The van der Waals surface area contributed by atoms with E-state index in [1.54, 1.807) is 0 Å². The van der Waals surface area contributed by atoms with E-state index < -0.39 is 0 Å². The first-order chi connectivity index (χ1) is 12.9. The topological polar surface area (TPSA) is 51.8 Å². The zero-order valence-electron chi connectivity index (χ0n) is 14.9. The van der Waals surface area contributed by atoms with Crippen LogP contribution in [0.3, 0.4) is 0 Å². The Morgan fingerprint density at radius 3 is 2.54 bits per heavy atom. The minimum atomic E-state index is 0.491. The zero-order valence-corrected chi connectivity index (χ0v) is 14.9. The predicted octanol–water partition coefficient (Wildman–Crippen LogP) is 3.18. The van der Waals surface area contributed by atoms with Crippen molar-refractivity contribution in [3.8, 4) is 5.69 Å². The van der Waals surface area contributed by atoms with E-state index in [9.17, 15) is 0 Å². The fourth-order valence-electron chi connectivity index (χ4n) is 3.86. The molecule has 134 valence electrons. The maximum absolute atomic E-state index is 4.51. The zero-order chi connectivity index (χ0) is 17.3. The number of rotatable bonds is 5. The van der Waals surface area contributed by atoms with Crippen molar-refractivity contribution >= 4 is 0 Å². The third kappa shape index (κ3) is 3.17. The van der Waals surface area contributed by atoms with Crippen molar-refractivity contribution in [3.05, 3.63) is 60.2 Å². The van der Waals surface area contributed by atoms with Crippen LogP contribution in [0.25, 0.3) is 5.69 Å². The lowest BCUT2D eigenvalue weighted by molar-refractivity contribution is 0.169. The number of nitrogens with zero attached hydrogens (tertiary/aromatic N) is 6. The van der Waals surface area contributed by atoms with Gasteiger partial charge in [0.2, 0.25) is 0 Å². The molecular weight excluding hydrogens is 324 g/mol. The van der Waals surface area contributed by atoms with E-state index in [4.69, 9.17) is 0 Å². The molecule has 5 rings (SSSR count). The molecule has 2 fully saturated rings. The number of hydrogen-bond donors (Lipinski definition) is 0. The van der Waals surface area contributed by atoms with Crippen LogP contribution in [0.4, 0.5) is 0 Å². The Morgan fingerprint density at radius 2 is 1.77 bits per heavy atom. The van der Waals surface area contributed by atoms with Gasteiger partial charge in [-0.25, -0.2) is 9.36 Å². The van der Waals surface area contributed by atoms with Gasteiger partial charge in [0.25, 0.3) is 0 Å². The summed E-state index contributed by atoms with van der Waals surface area (Å²) in [6.45, 7) is 3.11. The van der Waals surface area contributed by atoms with Gasteiger partial charge in [-0.15, -0.1) is 5.10 Å². The molecule has 1 saturated heterocycles. The molecule has 1 saturated carbocycles. The average Bonchev–Trinajstić information content (AvgIpc) is 3.24. The van der Waals surface area contributed by atoms with Crippen molar-refractivity contribution in [1.29, 1.82) is 0 Å². The molecule has 3 heterocycles. The Hall–Kier alpha value is -2.47. The molecule has 1 aromatic carbocycles. The highest BCUT2D eigenvalue weighted by Crippen LogP contribution is 2.39. The van der Waals surface area contributed by atoms with E-state index in [1.165, 1.54) is 24.2 Å². The van der Waals surface area contributed by atoms with Gasteiger partial charge in [-0.05, 0) is 43.9 Å². The highest BCUT2D eigenvalue weighted by molar-refractivity contribution is 5.32. The standard InChI is InChI=1S/C20H24N6/c1-2-4-18(5-3-1)26-19(8-11-21-26)14-24-12-9-17(10-13-24)25-15-20(22-23-25)16-6-7-16/h1-5,8,11,15-17H,6-7,9-10,12-14H2. The second-order valence-corrected chi connectivity index (χ2v) is 7.47. The lowest BCUT2D eigenvalue weighted by Crippen LogP contribution is -2.35. The summed E-state index contributed by atoms with van der Waals surface area (Å²) >= 11 is 0. The number of likely N-dealkylation sites (tertiary alicyclic amines) is 1. The van der Waals surface area contributed by atoms with Crippen LogP contribution in [0, 0.1) is 0 Å². The number of benzene rings is 1. The Kier molecular flexibility index (Phi) is 4.05. The van der Waals surface area contributed by atoms with Crippen LogP contribution in [0.1, 0.15) is 49.0 Å². The van der Waals surface area contributed by atoms with Crippen LogP contribution < -0.4 is 0 Å². The van der Waals surface area contributed by atoms with E-state index in [-0.39, 0.29) is 0 Å². The quantitative estimate of drug-likeness (QED) is 0.711. The smallest absolute Gasteiger partial charge is 0.0858 e. The second-order valence-electron chi connectivity index (χ2n) is 7.47. The van der Waals surface area contributed by atoms with Crippen LogP contribution in [0.15, 0.2) is 48.8 Å². The van der Waals surface area contributed by atoms with Gasteiger partial charge >= 0.3 is 0 Å². The van der Waals surface area contributed by atoms with Gasteiger partial charge in [0.05, 0.1) is 23.1 Å². The molecule has 0 spiro atoms. The van der Waals surface area contributed by atoms with Crippen LogP contribution in [0.5, 0.6) is 0 Å². The monoisotopic (exact) mass is 348 g/mol. The fraction of sp³-hybridized carbons (Fsp3) is 0.450. The summed E-state index contributed by atoms with van der Waals surface area (Å²) in [6, 6.07) is 13.0. The highest BCUT2D eigenvalue weighted by Gasteiger charge is 2.28. The Bertz CT molecular complexity index is 855. The molecule has 0 N–H and O–H groups in total. The molecule has 0 atom stereocenters. The normalized spacial score (nSPS) is 19.1. The van der Waals surface area contributed by atoms with Gasteiger partial charge in [-0.2, -0.15) is 5.10 Å². The molecule has 26 heavy (non-hydrogen) atoms. The number of aromatic nitrogens is 5. The van der Waals surface area contributed by atoms with Gasteiger partial charge in [0, 0.05) is 37.9 Å². The SMILES string of the molecule is c1ccc(-n2nccc2CN2CCC(n3cc(C4CC4)nn3)CC2)cc1. The molecule has 0 radical (unpaired) electrons. The Balaban J connectivity index is 1.22. The molecule has 0 amide bonds. The molecule has 0 bridgehead atoms. The molecule has 1 aliphatic carbocycles. The third-order valence-corrected chi connectivity index (χ3v) is 5.56. The molecule has 2 aromatic heterocycles. The van der Waals surface area contributed by atoms with Crippen molar-refractivity contribution in [2.45, 2.75) is 44.2 Å². The van der Waals surface area contributed by atoms with Crippen molar-refractivity contribution < 1.29 is 0 Å². The molecule has 6 nitrogen and oxygen atoms in total. The summed E-state index contributed by atoms with van der Waals surface area (Å²) in [5.74, 6) is 0.683. The Morgan fingerprint density at radius 1 is 0.962 bits per heavy atom. The van der Waals surface area contributed by atoms with Gasteiger partial charge < -0.3 is 0 Å². The summed E-state index contributed by atoms with van der Waals surface area (Å²) in [4.78, 5) is 2.52. The van der Waals surface area contributed by atoms with Gasteiger partial charge in [0.15, 0.2) is 0 Å². The van der Waals surface area contributed by atoms with Gasteiger partial charge in [-0.1, -0.05) is 23.4 Å². The maximum atomic E-state index is 4.51. The average molecular weight is 348 g/mol. The maximum Gasteiger partial charge on any atom is 0.0858 e. The van der Waals surface area contributed by atoms with Crippen molar-refractivity contribution in [3.63, 3.8) is 0 Å². The molecule has 0 unspecified atom stereocenters. The van der Waals surface area contributed by atoms with E-state index in [2.05, 4.69) is 61.5 Å². The number of para-hydroxylation sites is 1. The number of hydrogen-bond acceptors (Lipinski definition) is 4. The first-order valence-corrected chi connectivity index (χ1v) is 9.59. The van der Waals surface area contributed by atoms with Crippen molar-refractivity contribution in [2.24, 2.45) is 0 Å².